The van der Waals surface area contributed by atoms with Crippen molar-refractivity contribution >= 4 is 5.69 Å². The van der Waals surface area contributed by atoms with E-state index in [1.807, 2.05) is 17.1 Å². The van der Waals surface area contributed by atoms with Crippen LogP contribution in [0.15, 0.2) is 24.5 Å². The maximum atomic E-state index is 4.26. The third-order valence-electron chi connectivity index (χ3n) is 3.39. The molecule has 3 heteroatoms. The molecule has 1 aromatic heterocycles. The van der Waals surface area contributed by atoms with E-state index in [2.05, 4.69) is 50.2 Å². The van der Waals surface area contributed by atoms with E-state index >= 15 is 0 Å². The maximum absolute atomic E-state index is 4.26. The summed E-state index contributed by atoms with van der Waals surface area (Å²) < 4.78 is 1.93. The van der Waals surface area contributed by atoms with E-state index in [0.717, 1.165) is 18.8 Å². The fourth-order valence-electron chi connectivity index (χ4n) is 2.04. The molecule has 1 heterocycles. The first-order chi connectivity index (χ1) is 8.60. The van der Waals surface area contributed by atoms with Gasteiger partial charge in [-0.15, -0.1) is 0 Å². The molecule has 0 unspecified atom stereocenters. The van der Waals surface area contributed by atoms with Crippen LogP contribution in [0, 0.1) is 20.8 Å². The Balaban J connectivity index is 2.08. The lowest BCUT2D eigenvalue weighted by atomic mass is 10.0. The van der Waals surface area contributed by atoms with Crippen LogP contribution in [0.2, 0.25) is 0 Å². The highest BCUT2D eigenvalue weighted by atomic mass is 15.3. The first-order valence-electron chi connectivity index (χ1n) is 6.43. The molecule has 0 atom stereocenters. The third-order valence-corrected chi connectivity index (χ3v) is 3.39. The quantitative estimate of drug-likeness (QED) is 0.891. The second-order valence-corrected chi connectivity index (χ2v) is 4.80. The van der Waals surface area contributed by atoms with Gasteiger partial charge in [-0.2, -0.15) is 5.10 Å². The van der Waals surface area contributed by atoms with Crippen molar-refractivity contribution in [3.8, 4) is 0 Å². The van der Waals surface area contributed by atoms with Gasteiger partial charge in [-0.05, 0) is 49.9 Å². The van der Waals surface area contributed by atoms with E-state index in [9.17, 15) is 0 Å². The van der Waals surface area contributed by atoms with Gasteiger partial charge in [0.05, 0.1) is 11.9 Å². The largest absolute Gasteiger partial charge is 0.378 e. The molecule has 0 aliphatic rings. The number of benzene rings is 1. The Labute approximate surface area is 109 Å². The van der Waals surface area contributed by atoms with Gasteiger partial charge < -0.3 is 5.32 Å². The summed E-state index contributed by atoms with van der Waals surface area (Å²) in [5, 5.41) is 7.68. The molecular formula is C15H21N3. The number of aryl methyl sites for hydroxylation is 4. The number of rotatable bonds is 4. The van der Waals surface area contributed by atoms with Gasteiger partial charge in [0.1, 0.15) is 0 Å². The van der Waals surface area contributed by atoms with Crippen LogP contribution in [0.25, 0.3) is 0 Å². The van der Waals surface area contributed by atoms with Crippen LogP contribution >= 0.6 is 0 Å². The number of aromatic nitrogens is 2. The normalized spacial score (nSPS) is 10.7. The molecule has 1 N–H and O–H groups in total. The summed E-state index contributed by atoms with van der Waals surface area (Å²) in [5.41, 5.74) is 6.47. The number of hydrogen-bond acceptors (Lipinski definition) is 2. The molecule has 0 saturated carbocycles. The molecule has 18 heavy (non-hydrogen) atoms. The summed E-state index contributed by atoms with van der Waals surface area (Å²) in [4.78, 5) is 0. The SMILES string of the molecule is CCn1cc(NCc2cc(C)c(C)cc2C)cn1. The Morgan fingerprint density at radius 3 is 2.50 bits per heavy atom. The molecule has 2 aromatic rings. The second-order valence-electron chi connectivity index (χ2n) is 4.80. The molecule has 0 radical (unpaired) electrons. The van der Waals surface area contributed by atoms with E-state index < -0.39 is 0 Å². The minimum absolute atomic E-state index is 0.850. The van der Waals surface area contributed by atoms with Crippen LogP contribution in [-0.2, 0) is 13.1 Å². The minimum Gasteiger partial charge on any atom is -0.378 e. The summed E-state index contributed by atoms with van der Waals surface area (Å²) >= 11 is 0. The molecule has 0 fully saturated rings. The zero-order valence-electron chi connectivity index (χ0n) is 11.6. The van der Waals surface area contributed by atoms with Gasteiger partial charge in [-0.3, -0.25) is 4.68 Å². The Kier molecular flexibility index (Phi) is 3.70. The van der Waals surface area contributed by atoms with Crippen molar-refractivity contribution in [3.05, 3.63) is 46.8 Å². The molecule has 0 aliphatic heterocycles. The highest BCUT2D eigenvalue weighted by molar-refractivity contribution is 5.42. The highest BCUT2D eigenvalue weighted by Gasteiger charge is 2.03. The Hall–Kier alpha value is -1.77. The van der Waals surface area contributed by atoms with E-state index in [1.165, 1.54) is 22.3 Å². The molecule has 0 aliphatic carbocycles. The van der Waals surface area contributed by atoms with Crippen LogP contribution in [0.3, 0.4) is 0 Å². The van der Waals surface area contributed by atoms with E-state index in [4.69, 9.17) is 0 Å². The van der Waals surface area contributed by atoms with Crippen LogP contribution in [-0.4, -0.2) is 9.78 Å². The molecule has 96 valence electrons. The van der Waals surface area contributed by atoms with Crippen molar-refractivity contribution in [1.82, 2.24) is 9.78 Å². The van der Waals surface area contributed by atoms with Crippen molar-refractivity contribution < 1.29 is 0 Å². The monoisotopic (exact) mass is 243 g/mol. The molecule has 0 saturated heterocycles. The predicted molar refractivity (Wildman–Crippen MR) is 75.9 cm³/mol. The average Bonchev–Trinajstić information content (AvgIpc) is 2.80. The lowest BCUT2D eigenvalue weighted by Gasteiger charge is -2.10. The predicted octanol–water partition coefficient (Wildman–Crippen LogP) is 3.44. The number of nitrogens with one attached hydrogen (secondary N) is 1. The fourth-order valence-corrected chi connectivity index (χ4v) is 2.04. The average molecular weight is 243 g/mol. The number of anilines is 1. The van der Waals surface area contributed by atoms with Gasteiger partial charge in [-0.25, -0.2) is 0 Å². The van der Waals surface area contributed by atoms with Gasteiger partial charge in [0, 0.05) is 19.3 Å². The highest BCUT2D eigenvalue weighted by Crippen LogP contribution is 2.17. The van der Waals surface area contributed by atoms with Crippen molar-refractivity contribution in [2.45, 2.75) is 40.8 Å². The van der Waals surface area contributed by atoms with E-state index in [1.54, 1.807) is 0 Å². The lowest BCUT2D eigenvalue weighted by molar-refractivity contribution is 0.660. The smallest absolute Gasteiger partial charge is 0.0729 e. The number of nitrogens with zero attached hydrogens (tertiary/aromatic N) is 2. The second kappa shape index (κ2) is 5.25. The summed E-state index contributed by atoms with van der Waals surface area (Å²) in [6.45, 7) is 10.3. The lowest BCUT2D eigenvalue weighted by Crippen LogP contribution is -2.02. The van der Waals surface area contributed by atoms with Gasteiger partial charge in [0.2, 0.25) is 0 Å². The van der Waals surface area contributed by atoms with Crippen molar-refractivity contribution in [2.24, 2.45) is 0 Å². The third kappa shape index (κ3) is 2.73. The topological polar surface area (TPSA) is 29.9 Å². The Morgan fingerprint density at radius 1 is 1.11 bits per heavy atom. The molecule has 3 nitrogen and oxygen atoms in total. The first kappa shape index (κ1) is 12.7. The molecule has 2 rings (SSSR count). The summed E-state index contributed by atoms with van der Waals surface area (Å²) in [7, 11) is 0. The minimum atomic E-state index is 0.850. The molecule has 0 spiro atoms. The van der Waals surface area contributed by atoms with Crippen LogP contribution in [0.5, 0.6) is 0 Å². The molecular weight excluding hydrogens is 222 g/mol. The van der Waals surface area contributed by atoms with E-state index in [-0.39, 0.29) is 0 Å². The first-order valence-corrected chi connectivity index (χ1v) is 6.43. The Bertz CT molecular complexity index is 541. The van der Waals surface area contributed by atoms with Gasteiger partial charge in [-0.1, -0.05) is 12.1 Å². The molecule has 0 bridgehead atoms. The standard InChI is InChI=1S/C15H21N3/c1-5-18-10-15(9-17-18)16-8-14-7-12(3)11(2)6-13(14)4/h6-7,9-10,16H,5,8H2,1-4H3. The fraction of sp³-hybridized carbons (Fsp3) is 0.400. The summed E-state index contributed by atoms with van der Waals surface area (Å²) in [6, 6.07) is 4.52. The van der Waals surface area contributed by atoms with Crippen molar-refractivity contribution in [2.75, 3.05) is 5.32 Å². The zero-order chi connectivity index (χ0) is 13.1. The van der Waals surface area contributed by atoms with Crippen LogP contribution in [0.1, 0.15) is 29.2 Å². The van der Waals surface area contributed by atoms with Gasteiger partial charge in [0.25, 0.3) is 0 Å². The van der Waals surface area contributed by atoms with Crippen molar-refractivity contribution in [1.29, 1.82) is 0 Å². The molecule has 0 amide bonds. The van der Waals surface area contributed by atoms with Gasteiger partial charge in [0.15, 0.2) is 0 Å². The molecule has 1 aromatic carbocycles. The summed E-state index contributed by atoms with van der Waals surface area (Å²) in [5.74, 6) is 0. The van der Waals surface area contributed by atoms with Crippen molar-refractivity contribution in [3.63, 3.8) is 0 Å². The van der Waals surface area contributed by atoms with Gasteiger partial charge >= 0.3 is 0 Å². The Morgan fingerprint density at radius 2 is 1.83 bits per heavy atom. The number of hydrogen-bond donors (Lipinski definition) is 1. The maximum Gasteiger partial charge on any atom is 0.0729 e. The van der Waals surface area contributed by atoms with Crippen LogP contribution < -0.4 is 5.32 Å². The van der Waals surface area contributed by atoms with Crippen LogP contribution in [0.4, 0.5) is 5.69 Å². The van der Waals surface area contributed by atoms with E-state index in [0.29, 0.717) is 0 Å². The zero-order valence-corrected chi connectivity index (χ0v) is 11.6. The summed E-state index contributed by atoms with van der Waals surface area (Å²) in [6.07, 6.45) is 3.91.